The molecule has 2 aliphatic rings. The molecule has 1 aromatic rings. The molecule has 0 aromatic heterocycles. The SMILES string of the molecule is O=C(O)CN(C(=O)CCc1ccc2c(c1)OCO2)C1CC1. The largest absolute Gasteiger partial charge is 0.480 e. The van der Waals surface area contributed by atoms with E-state index in [1.807, 2.05) is 18.2 Å². The Bertz CT molecular complexity index is 567. The summed E-state index contributed by atoms with van der Waals surface area (Å²) in [4.78, 5) is 24.5. The van der Waals surface area contributed by atoms with Crippen LogP contribution in [0.4, 0.5) is 0 Å². The number of carboxylic acids is 1. The second-order valence-electron chi connectivity index (χ2n) is 5.33. The lowest BCUT2D eigenvalue weighted by atomic mass is 10.1. The van der Waals surface area contributed by atoms with E-state index in [0.717, 1.165) is 24.2 Å². The number of benzene rings is 1. The Morgan fingerprint density at radius 1 is 1.24 bits per heavy atom. The number of hydrogen-bond donors (Lipinski definition) is 1. The maximum absolute atomic E-state index is 12.2. The van der Waals surface area contributed by atoms with Crippen molar-refractivity contribution in [1.82, 2.24) is 4.90 Å². The van der Waals surface area contributed by atoms with Crippen LogP contribution in [0.2, 0.25) is 0 Å². The Kier molecular flexibility index (Phi) is 3.68. The van der Waals surface area contributed by atoms with E-state index >= 15 is 0 Å². The van der Waals surface area contributed by atoms with Gasteiger partial charge in [-0.2, -0.15) is 0 Å². The van der Waals surface area contributed by atoms with Crippen molar-refractivity contribution in [1.29, 1.82) is 0 Å². The third-order valence-corrected chi connectivity index (χ3v) is 3.68. The van der Waals surface area contributed by atoms with Crippen molar-refractivity contribution in [3.8, 4) is 11.5 Å². The maximum atomic E-state index is 12.2. The van der Waals surface area contributed by atoms with E-state index in [4.69, 9.17) is 14.6 Å². The highest BCUT2D eigenvalue weighted by molar-refractivity contribution is 5.82. The van der Waals surface area contributed by atoms with E-state index in [2.05, 4.69) is 0 Å². The lowest BCUT2D eigenvalue weighted by Crippen LogP contribution is -2.37. The van der Waals surface area contributed by atoms with E-state index in [1.165, 1.54) is 4.90 Å². The monoisotopic (exact) mass is 291 g/mol. The predicted octanol–water partition coefficient (Wildman–Crippen LogP) is 1.42. The Morgan fingerprint density at radius 3 is 2.71 bits per heavy atom. The van der Waals surface area contributed by atoms with Gasteiger partial charge in [-0.15, -0.1) is 0 Å². The molecular weight excluding hydrogens is 274 g/mol. The molecule has 1 fully saturated rings. The fourth-order valence-corrected chi connectivity index (χ4v) is 2.44. The Balaban J connectivity index is 1.58. The highest BCUT2D eigenvalue weighted by Crippen LogP contribution is 2.33. The number of hydrogen-bond acceptors (Lipinski definition) is 4. The molecule has 1 aromatic carbocycles. The highest BCUT2D eigenvalue weighted by atomic mass is 16.7. The summed E-state index contributed by atoms with van der Waals surface area (Å²) in [5.74, 6) is 0.357. The molecule has 1 N–H and O–H groups in total. The van der Waals surface area contributed by atoms with Crippen LogP contribution in [0.25, 0.3) is 0 Å². The molecule has 0 saturated heterocycles. The number of rotatable bonds is 6. The summed E-state index contributed by atoms with van der Waals surface area (Å²) in [6.45, 7) is 0.0242. The zero-order chi connectivity index (χ0) is 14.8. The van der Waals surface area contributed by atoms with Crippen LogP contribution in [0.1, 0.15) is 24.8 Å². The van der Waals surface area contributed by atoms with Crippen molar-refractivity contribution in [2.45, 2.75) is 31.7 Å². The van der Waals surface area contributed by atoms with Gasteiger partial charge in [0.05, 0.1) is 0 Å². The van der Waals surface area contributed by atoms with Crippen molar-refractivity contribution in [2.75, 3.05) is 13.3 Å². The summed E-state index contributed by atoms with van der Waals surface area (Å²) < 4.78 is 10.5. The first-order chi connectivity index (χ1) is 10.1. The fraction of sp³-hybridized carbons (Fsp3) is 0.467. The number of carbonyl (C=O) groups excluding carboxylic acids is 1. The molecule has 1 aliphatic carbocycles. The van der Waals surface area contributed by atoms with Crippen molar-refractivity contribution in [3.05, 3.63) is 23.8 Å². The van der Waals surface area contributed by atoms with Gasteiger partial charge in [0.25, 0.3) is 0 Å². The van der Waals surface area contributed by atoms with Gasteiger partial charge in [0.1, 0.15) is 6.54 Å². The summed E-state index contributed by atoms with van der Waals surface area (Å²) in [7, 11) is 0. The van der Waals surface area contributed by atoms with Crippen LogP contribution in [0.3, 0.4) is 0 Å². The first-order valence-electron chi connectivity index (χ1n) is 7.03. The van der Waals surface area contributed by atoms with E-state index in [-0.39, 0.29) is 25.3 Å². The Hall–Kier alpha value is -2.24. The lowest BCUT2D eigenvalue weighted by Gasteiger charge is -2.20. The van der Waals surface area contributed by atoms with Gasteiger partial charge in [-0.05, 0) is 37.0 Å². The van der Waals surface area contributed by atoms with Crippen LogP contribution in [0, 0.1) is 0 Å². The van der Waals surface area contributed by atoms with Gasteiger partial charge in [-0.3, -0.25) is 9.59 Å². The van der Waals surface area contributed by atoms with E-state index in [1.54, 1.807) is 0 Å². The van der Waals surface area contributed by atoms with Gasteiger partial charge >= 0.3 is 5.97 Å². The van der Waals surface area contributed by atoms with E-state index < -0.39 is 5.97 Å². The predicted molar refractivity (Wildman–Crippen MR) is 73.3 cm³/mol. The molecule has 0 unspecified atom stereocenters. The van der Waals surface area contributed by atoms with Crippen molar-refractivity contribution >= 4 is 11.9 Å². The Labute approximate surface area is 122 Å². The second-order valence-corrected chi connectivity index (χ2v) is 5.33. The minimum atomic E-state index is -0.960. The van der Waals surface area contributed by atoms with E-state index in [0.29, 0.717) is 18.6 Å². The zero-order valence-electron chi connectivity index (χ0n) is 11.6. The van der Waals surface area contributed by atoms with Gasteiger partial charge in [-0.25, -0.2) is 0 Å². The summed E-state index contributed by atoms with van der Waals surface area (Å²) in [5, 5.41) is 8.88. The number of amides is 1. The minimum Gasteiger partial charge on any atom is -0.480 e. The number of aryl methyl sites for hydroxylation is 1. The molecule has 1 heterocycles. The van der Waals surface area contributed by atoms with Gasteiger partial charge < -0.3 is 19.5 Å². The zero-order valence-corrected chi connectivity index (χ0v) is 11.6. The lowest BCUT2D eigenvalue weighted by molar-refractivity contribution is -0.144. The van der Waals surface area contributed by atoms with Gasteiger partial charge in [0.2, 0.25) is 12.7 Å². The first-order valence-corrected chi connectivity index (χ1v) is 7.03. The van der Waals surface area contributed by atoms with Gasteiger partial charge in [0.15, 0.2) is 11.5 Å². The van der Waals surface area contributed by atoms with Crippen molar-refractivity contribution in [2.24, 2.45) is 0 Å². The average molecular weight is 291 g/mol. The van der Waals surface area contributed by atoms with E-state index in [9.17, 15) is 9.59 Å². The quantitative estimate of drug-likeness (QED) is 0.858. The fourth-order valence-electron chi connectivity index (χ4n) is 2.44. The minimum absolute atomic E-state index is 0.0995. The maximum Gasteiger partial charge on any atom is 0.323 e. The number of ether oxygens (including phenoxy) is 2. The summed E-state index contributed by atoms with van der Waals surface area (Å²) in [6.07, 6.45) is 2.69. The van der Waals surface area contributed by atoms with Crippen LogP contribution in [0.5, 0.6) is 11.5 Å². The average Bonchev–Trinajstić information content (AvgIpc) is 3.19. The highest BCUT2D eigenvalue weighted by Gasteiger charge is 2.33. The molecule has 1 amide bonds. The molecule has 0 bridgehead atoms. The number of carbonyl (C=O) groups is 2. The molecule has 1 saturated carbocycles. The molecule has 1 aliphatic heterocycles. The number of nitrogens with zero attached hydrogens (tertiary/aromatic N) is 1. The van der Waals surface area contributed by atoms with Gasteiger partial charge in [-0.1, -0.05) is 6.07 Å². The molecule has 3 rings (SSSR count). The molecule has 6 heteroatoms. The summed E-state index contributed by atoms with van der Waals surface area (Å²) in [5.41, 5.74) is 0.985. The standard InChI is InChI=1S/C15H17NO5/c17-14(16(8-15(18)19)11-3-4-11)6-2-10-1-5-12-13(7-10)21-9-20-12/h1,5,7,11H,2-4,6,8-9H2,(H,18,19). The van der Waals surface area contributed by atoms with Crippen molar-refractivity contribution < 1.29 is 24.2 Å². The molecule has 0 spiro atoms. The van der Waals surface area contributed by atoms with Crippen LogP contribution in [0.15, 0.2) is 18.2 Å². The smallest absolute Gasteiger partial charge is 0.323 e. The molecule has 0 atom stereocenters. The summed E-state index contributed by atoms with van der Waals surface area (Å²) in [6, 6.07) is 5.72. The van der Waals surface area contributed by atoms with Crippen LogP contribution >= 0.6 is 0 Å². The van der Waals surface area contributed by atoms with Crippen LogP contribution < -0.4 is 9.47 Å². The third-order valence-electron chi connectivity index (χ3n) is 3.68. The summed E-state index contributed by atoms with van der Waals surface area (Å²) >= 11 is 0. The Morgan fingerprint density at radius 2 is 2.00 bits per heavy atom. The van der Waals surface area contributed by atoms with Crippen LogP contribution in [-0.2, 0) is 16.0 Å². The first kappa shape index (κ1) is 13.7. The third kappa shape index (κ3) is 3.26. The molecule has 0 radical (unpaired) electrons. The van der Waals surface area contributed by atoms with Crippen molar-refractivity contribution in [3.63, 3.8) is 0 Å². The number of fused-ring (bicyclic) bond motifs is 1. The van der Waals surface area contributed by atoms with Crippen LogP contribution in [-0.4, -0.2) is 41.3 Å². The van der Waals surface area contributed by atoms with Gasteiger partial charge in [0, 0.05) is 12.5 Å². The topological polar surface area (TPSA) is 76.1 Å². The molecule has 21 heavy (non-hydrogen) atoms. The number of carboxylic acid groups (broad SMARTS) is 1. The molecule has 112 valence electrons. The molecule has 6 nitrogen and oxygen atoms in total. The molecular formula is C15H17NO5. The number of aliphatic carboxylic acids is 1. The normalized spacial score (nSPS) is 15.8. The second kappa shape index (κ2) is 5.63.